The van der Waals surface area contributed by atoms with Crippen LogP contribution in [-0.4, -0.2) is 17.0 Å². The molecule has 0 bridgehead atoms. The summed E-state index contributed by atoms with van der Waals surface area (Å²) >= 11 is 0. The summed E-state index contributed by atoms with van der Waals surface area (Å²) in [7, 11) is 0. The van der Waals surface area contributed by atoms with E-state index in [4.69, 9.17) is 5.41 Å². The maximum absolute atomic E-state index is 8.19. The highest BCUT2D eigenvalue weighted by atomic mass is 15.2. The molecule has 0 amide bonds. The fraction of sp³-hybridized carbons (Fsp3) is 0.933. The van der Waals surface area contributed by atoms with E-state index in [-0.39, 0.29) is 11.1 Å². The van der Waals surface area contributed by atoms with Crippen LogP contribution in [0.2, 0.25) is 0 Å². The molecule has 3 N–H and O–H groups in total. The minimum atomic E-state index is 0.146. The van der Waals surface area contributed by atoms with Crippen molar-refractivity contribution >= 4 is 5.96 Å². The Bertz CT molecular complexity index is 258. The van der Waals surface area contributed by atoms with E-state index in [9.17, 15) is 0 Å². The molecule has 0 spiro atoms. The topological polar surface area (TPSA) is 47.9 Å². The van der Waals surface area contributed by atoms with Gasteiger partial charge in [0.15, 0.2) is 5.96 Å². The van der Waals surface area contributed by atoms with Crippen molar-refractivity contribution in [1.82, 2.24) is 10.6 Å². The van der Waals surface area contributed by atoms with E-state index in [0.717, 1.165) is 0 Å². The van der Waals surface area contributed by atoms with Crippen LogP contribution in [0, 0.1) is 5.41 Å². The molecule has 0 aliphatic heterocycles. The lowest BCUT2D eigenvalue weighted by molar-refractivity contribution is 0.265. The zero-order chi connectivity index (χ0) is 13.1. The van der Waals surface area contributed by atoms with Crippen molar-refractivity contribution in [3.05, 3.63) is 0 Å². The quantitative estimate of drug-likeness (QED) is 0.519. The molecule has 0 aromatic rings. The highest BCUT2D eigenvalue weighted by Gasteiger charge is 2.31. The van der Waals surface area contributed by atoms with Crippen LogP contribution >= 0.6 is 0 Å². The molecule has 104 valence electrons. The Morgan fingerprint density at radius 2 is 1.06 bits per heavy atom. The van der Waals surface area contributed by atoms with Crippen LogP contribution in [0.1, 0.15) is 78.1 Å². The number of hydrogen-bond acceptors (Lipinski definition) is 1. The number of guanidine groups is 1. The van der Waals surface area contributed by atoms with Crippen molar-refractivity contribution in [2.24, 2.45) is 0 Å². The lowest BCUT2D eigenvalue weighted by Gasteiger charge is -2.40. The number of nitrogens with one attached hydrogen (secondary N) is 3. The summed E-state index contributed by atoms with van der Waals surface area (Å²) < 4.78 is 0. The van der Waals surface area contributed by atoms with Crippen LogP contribution < -0.4 is 10.6 Å². The van der Waals surface area contributed by atoms with Crippen molar-refractivity contribution < 1.29 is 0 Å². The average molecular weight is 251 g/mol. The highest BCUT2D eigenvalue weighted by molar-refractivity contribution is 5.78. The fourth-order valence-electron chi connectivity index (χ4n) is 3.55. The smallest absolute Gasteiger partial charge is 0.189 e. The monoisotopic (exact) mass is 251 g/mol. The molecule has 0 saturated heterocycles. The summed E-state index contributed by atoms with van der Waals surface area (Å²) in [4.78, 5) is 0. The zero-order valence-corrected chi connectivity index (χ0v) is 12.1. The van der Waals surface area contributed by atoms with Crippen LogP contribution in [0.3, 0.4) is 0 Å². The van der Waals surface area contributed by atoms with E-state index >= 15 is 0 Å². The molecular formula is C15H29N3. The molecule has 2 aliphatic rings. The Labute approximate surface area is 112 Å². The zero-order valence-electron chi connectivity index (χ0n) is 12.1. The summed E-state index contributed by atoms with van der Waals surface area (Å²) in [6.07, 6.45) is 12.7. The second kappa shape index (κ2) is 5.50. The SMILES string of the molecule is CC1(NC(=N)NC2(C)CCCCC2)CCCCC1. The lowest BCUT2D eigenvalue weighted by atomic mass is 9.82. The second-order valence-electron chi connectivity index (χ2n) is 6.87. The standard InChI is InChI=1S/C15H29N3/c1-14(9-5-3-6-10-14)17-13(16)18-15(2)11-7-4-8-12-15/h3-12H2,1-2H3,(H3,16,17,18). The molecule has 0 heterocycles. The average Bonchev–Trinajstić information content (AvgIpc) is 2.29. The first-order valence-corrected chi connectivity index (χ1v) is 7.66. The van der Waals surface area contributed by atoms with E-state index in [2.05, 4.69) is 24.5 Å². The van der Waals surface area contributed by atoms with Gasteiger partial charge in [0.2, 0.25) is 0 Å². The molecule has 2 saturated carbocycles. The molecule has 2 fully saturated rings. The number of rotatable bonds is 2. The third kappa shape index (κ3) is 3.63. The molecular weight excluding hydrogens is 222 g/mol. The molecule has 0 aromatic carbocycles. The minimum absolute atomic E-state index is 0.146. The van der Waals surface area contributed by atoms with Crippen molar-refractivity contribution in [3.63, 3.8) is 0 Å². The fourth-order valence-corrected chi connectivity index (χ4v) is 3.55. The Morgan fingerprint density at radius 3 is 1.39 bits per heavy atom. The van der Waals surface area contributed by atoms with Crippen LogP contribution in [0.4, 0.5) is 0 Å². The van der Waals surface area contributed by atoms with Gasteiger partial charge in [0.05, 0.1) is 0 Å². The molecule has 0 radical (unpaired) electrons. The predicted molar refractivity (Wildman–Crippen MR) is 77.0 cm³/mol. The molecule has 2 aliphatic carbocycles. The Morgan fingerprint density at radius 1 is 0.722 bits per heavy atom. The van der Waals surface area contributed by atoms with Gasteiger partial charge in [-0.25, -0.2) is 0 Å². The minimum Gasteiger partial charge on any atom is -0.351 e. The molecule has 2 rings (SSSR count). The van der Waals surface area contributed by atoms with Gasteiger partial charge in [0, 0.05) is 11.1 Å². The van der Waals surface area contributed by atoms with Gasteiger partial charge in [-0.2, -0.15) is 0 Å². The lowest BCUT2D eigenvalue weighted by Crippen LogP contribution is -2.57. The second-order valence-corrected chi connectivity index (χ2v) is 6.87. The summed E-state index contributed by atoms with van der Waals surface area (Å²) in [6, 6.07) is 0. The Kier molecular flexibility index (Phi) is 4.18. The first-order chi connectivity index (χ1) is 8.52. The van der Waals surface area contributed by atoms with Crippen molar-refractivity contribution in [2.45, 2.75) is 89.1 Å². The first kappa shape index (κ1) is 13.7. The molecule has 0 atom stereocenters. The van der Waals surface area contributed by atoms with Gasteiger partial charge in [-0.15, -0.1) is 0 Å². The van der Waals surface area contributed by atoms with Crippen molar-refractivity contribution in [1.29, 1.82) is 5.41 Å². The predicted octanol–water partition coefficient (Wildman–Crippen LogP) is 3.55. The van der Waals surface area contributed by atoms with E-state index in [0.29, 0.717) is 5.96 Å². The maximum Gasteiger partial charge on any atom is 0.189 e. The van der Waals surface area contributed by atoms with Crippen LogP contribution in [0.15, 0.2) is 0 Å². The Hall–Kier alpha value is -0.730. The molecule has 0 unspecified atom stereocenters. The summed E-state index contributed by atoms with van der Waals surface area (Å²) in [6.45, 7) is 4.54. The van der Waals surface area contributed by atoms with Gasteiger partial charge in [-0.1, -0.05) is 38.5 Å². The van der Waals surface area contributed by atoms with Gasteiger partial charge >= 0.3 is 0 Å². The maximum atomic E-state index is 8.19. The number of hydrogen-bond donors (Lipinski definition) is 3. The summed E-state index contributed by atoms with van der Waals surface area (Å²) in [5.74, 6) is 0.545. The largest absolute Gasteiger partial charge is 0.351 e. The van der Waals surface area contributed by atoms with Crippen LogP contribution in [0.25, 0.3) is 0 Å². The summed E-state index contributed by atoms with van der Waals surface area (Å²) in [5.41, 5.74) is 0.292. The highest BCUT2D eigenvalue weighted by Crippen LogP contribution is 2.29. The summed E-state index contributed by atoms with van der Waals surface area (Å²) in [5, 5.41) is 15.1. The van der Waals surface area contributed by atoms with Gasteiger partial charge < -0.3 is 10.6 Å². The molecule has 18 heavy (non-hydrogen) atoms. The van der Waals surface area contributed by atoms with E-state index in [1.54, 1.807) is 0 Å². The normalized spacial score (nSPS) is 26.3. The van der Waals surface area contributed by atoms with E-state index < -0.39 is 0 Å². The van der Waals surface area contributed by atoms with Crippen molar-refractivity contribution in [2.75, 3.05) is 0 Å². The van der Waals surface area contributed by atoms with Gasteiger partial charge in [-0.3, -0.25) is 5.41 Å². The van der Waals surface area contributed by atoms with Crippen molar-refractivity contribution in [3.8, 4) is 0 Å². The Balaban J connectivity index is 1.83. The van der Waals surface area contributed by atoms with Gasteiger partial charge in [0.25, 0.3) is 0 Å². The molecule has 0 aromatic heterocycles. The molecule has 3 nitrogen and oxygen atoms in total. The van der Waals surface area contributed by atoms with Crippen LogP contribution in [0.5, 0.6) is 0 Å². The van der Waals surface area contributed by atoms with E-state index in [1.165, 1.54) is 64.2 Å². The van der Waals surface area contributed by atoms with Crippen LogP contribution in [-0.2, 0) is 0 Å². The van der Waals surface area contributed by atoms with Gasteiger partial charge in [0.1, 0.15) is 0 Å². The third-order valence-corrected chi connectivity index (χ3v) is 4.77. The van der Waals surface area contributed by atoms with E-state index in [1.807, 2.05) is 0 Å². The first-order valence-electron chi connectivity index (χ1n) is 7.66. The van der Waals surface area contributed by atoms with Gasteiger partial charge in [-0.05, 0) is 39.5 Å². The third-order valence-electron chi connectivity index (χ3n) is 4.77. The molecule has 3 heteroatoms.